The SMILES string of the molecule is CCNC(Cc1nc(C)cs1)C1CCCCCCC1. The second-order valence-electron chi connectivity index (χ2n) is 5.86. The van der Waals surface area contributed by atoms with E-state index in [2.05, 4.69) is 29.5 Å². The van der Waals surface area contributed by atoms with Crippen molar-refractivity contribution in [3.8, 4) is 0 Å². The van der Waals surface area contributed by atoms with Crippen LogP contribution >= 0.6 is 11.3 Å². The van der Waals surface area contributed by atoms with Crippen LogP contribution in [0.2, 0.25) is 0 Å². The maximum absolute atomic E-state index is 4.65. The van der Waals surface area contributed by atoms with Crippen molar-refractivity contribution in [2.24, 2.45) is 5.92 Å². The van der Waals surface area contributed by atoms with Gasteiger partial charge in [0.1, 0.15) is 0 Å². The Morgan fingerprint density at radius 1 is 1.26 bits per heavy atom. The van der Waals surface area contributed by atoms with Gasteiger partial charge in [-0.3, -0.25) is 0 Å². The van der Waals surface area contributed by atoms with E-state index in [1.165, 1.54) is 55.6 Å². The highest BCUT2D eigenvalue weighted by Crippen LogP contribution is 2.27. The van der Waals surface area contributed by atoms with Crippen LogP contribution in [-0.2, 0) is 6.42 Å². The molecule has 0 spiro atoms. The van der Waals surface area contributed by atoms with E-state index in [-0.39, 0.29) is 0 Å². The van der Waals surface area contributed by atoms with Gasteiger partial charge in [0.05, 0.1) is 5.01 Å². The quantitative estimate of drug-likeness (QED) is 0.868. The monoisotopic (exact) mass is 280 g/mol. The van der Waals surface area contributed by atoms with Crippen LogP contribution in [0.4, 0.5) is 0 Å². The molecule has 108 valence electrons. The Labute approximate surface area is 122 Å². The highest BCUT2D eigenvalue weighted by atomic mass is 32.1. The van der Waals surface area contributed by atoms with Crippen LogP contribution in [0.3, 0.4) is 0 Å². The molecule has 0 radical (unpaired) electrons. The first kappa shape index (κ1) is 15.0. The molecule has 3 heteroatoms. The lowest BCUT2D eigenvalue weighted by molar-refractivity contribution is 0.286. The molecule has 2 nitrogen and oxygen atoms in total. The Morgan fingerprint density at radius 3 is 2.53 bits per heavy atom. The topological polar surface area (TPSA) is 24.9 Å². The van der Waals surface area contributed by atoms with E-state index in [1.54, 1.807) is 0 Å². The molecule has 0 bridgehead atoms. The highest BCUT2D eigenvalue weighted by molar-refractivity contribution is 7.09. The van der Waals surface area contributed by atoms with Crippen LogP contribution < -0.4 is 5.32 Å². The number of thiazole rings is 1. The Balaban J connectivity index is 1.96. The highest BCUT2D eigenvalue weighted by Gasteiger charge is 2.22. The molecular formula is C16H28N2S. The number of likely N-dealkylation sites (N-methyl/N-ethyl adjacent to an activating group) is 1. The van der Waals surface area contributed by atoms with Crippen molar-refractivity contribution in [1.29, 1.82) is 0 Å². The summed E-state index contributed by atoms with van der Waals surface area (Å²) in [7, 11) is 0. The van der Waals surface area contributed by atoms with Crippen molar-refractivity contribution in [2.75, 3.05) is 6.54 Å². The zero-order valence-corrected chi connectivity index (χ0v) is 13.3. The van der Waals surface area contributed by atoms with Crippen molar-refractivity contribution in [2.45, 2.75) is 71.3 Å². The Kier molecular flexibility index (Phi) is 6.32. The first-order valence-corrected chi connectivity index (χ1v) is 8.82. The summed E-state index contributed by atoms with van der Waals surface area (Å²) < 4.78 is 0. The second kappa shape index (κ2) is 8.01. The number of rotatable bonds is 5. The summed E-state index contributed by atoms with van der Waals surface area (Å²) in [6.07, 6.45) is 11.1. The lowest BCUT2D eigenvalue weighted by Gasteiger charge is -2.29. The molecule has 19 heavy (non-hydrogen) atoms. The van der Waals surface area contributed by atoms with Gasteiger partial charge < -0.3 is 5.32 Å². The largest absolute Gasteiger partial charge is 0.314 e. The van der Waals surface area contributed by atoms with E-state index >= 15 is 0 Å². The van der Waals surface area contributed by atoms with Crippen LogP contribution in [0.15, 0.2) is 5.38 Å². The van der Waals surface area contributed by atoms with E-state index in [9.17, 15) is 0 Å². The van der Waals surface area contributed by atoms with Crippen molar-refractivity contribution in [3.05, 3.63) is 16.1 Å². The third-order valence-corrected chi connectivity index (χ3v) is 5.24. The first-order chi connectivity index (χ1) is 9.29. The average molecular weight is 280 g/mol. The summed E-state index contributed by atoms with van der Waals surface area (Å²) >= 11 is 1.83. The van der Waals surface area contributed by atoms with Gasteiger partial charge in [-0.2, -0.15) is 0 Å². The number of nitrogens with zero attached hydrogens (tertiary/aromatic N) is 1. The van der Waals surface area contributed by atoms with Crippen LogP contribution in [-0.4, -0.2) is 17.6 Å². The first-order valence-electron chi connectivity index (χ1n) is 7.94. The lowest BCUT2D eigenvalue weighted by atomic mass is 9.84. The second-order valence-corrected chi connectivity index (χ2v) is 6.80. The zero-order chi connectivity index (χ0) is 13.5. The van der Waals surface area contributed by atoms with Gasteiger partial charge in [0.25, 0.3) is 0 Å². The molecule has 1 heterocycles. The summed E-state index contributed by atoms with van der Waals surface area (Å²) in [5, 5.41) is 7.21. The van der Waals surface area contributed by atoms with Crippen LogP contribution in [0.5, 0.6) is 0 Å². The normalized spacial score (nSPS) is 19.9. The standard InChI is InChI=1S/C16H28N2S/c1-3-17-15(11-16-18-13(2)12-19-16)14-9-7-5-4-6-8-10-14/h12,14-15,17H,3-11H2,1-2H3. The van der Waals surface area contributed by atoms with Crippen molar-refractivity contribution < 1.29 is 0 Å². The van der Waals surface area contributed by atoms with E-state index < -0.39 is 0 Å². The molecule has 0 aliphatic heterocycles. The van der Waals surface area contributed by atoms with Crippen LogP contribution in [0.1, 0.15) is 62.6 Å². The maximum atomic E-state index is 4.65. The maximum Gasteiger partial charge on any atom is 0.0943 e. The van der Waals surface area contributed by atoms with Crippen LogP contribution in [0, 0.1) is 12.8 Å². The number of aromatic nitrogens is 1. The third kappa shape index (κ3) is 4.88. The number of nitrogens with one attached hydrogen (secondary N) is 1. The fraction of sp³-hybridized carbons (Fsp3) is 0.812. The van der Waals surface area contributed by atoms with E-state index in [1.807, 2.05) is 11.3 Å². The predicted octanol–water partition coefficient (Wildman–Crippen LogP) is 4.33. The van der Waals surface area contributed by atoms with Crippen LogP contribution in [0.25, 0.3) is 0 Å². The van der Waals surface area contributed by atoms with Gasteiger partial charge in [-0.25, -0.2) is 4.98 Å². The van der Waals surface area contributed by atoms with Crippen molar-refractivity contribution >= 4 is 11.3 Å². The molecule has 1 fully saturated rings. The number of hydrogen-bond donors (Lipinski definition) is 1. The molecule has 1 atom stereocenters. The Bertz CT molecular complexity index is 353. The number of aryl methyl sites for hydroxylation is 1. The third-order valence-electron chi connectivity index (χ3n) is 4.25. The molecule has 1 aromatic heterocycles. The molecular weight excluding hydrogens is 252 g/mol. The molecule has 1 saturated carbocycles. The van der Waals surface area contributed by atoms with Gasteiger partial charge in [0, 0.05) is 23.5 Å². The smallest absolute Gasteiger partial charge is 0.0943 e. The average Bonchev–Trinajstić information content (AvgIpc) is 2.74. The summed E-state index contributed by atoms with van der Waals surface area (Å²) in [6, 6.07) is 0.633. The van der Waals surface area contributed by atoms with E-state index in [4.69, 9.17) is 0 Å². The Hall–Kier alpha value is -0.410. The van der Waals surface area contributed by atoms with Gasteiger partial charge >= 0.3 is 0 Å². The lowest BCUT2D eigenvalue weighted by Crippen LogP contribution is -2.38. The number of hydrogen-bond acceptors (Lipinski definition) is 3. The minimum atomic E-state index is 0.633. The fourth-order valence-corrected chi connectivity index (χ4v) is 4.07. The predicted molar refractivity (Wildman–Crippen MR) is 83.8 cm³/mol. The summed E-state index contributed by atoms with van der Waals surface area (Å²) in [5.41, 5.74) is 1.17. The molecule has 2 rings (SSSR count). The van der Waals surface area contributed by atoms with Crippen molar-refractivity contribution in [3.63, 3.8) is 0 Å². The van der Waals surface area contributed by atoms with E-state index in [0.717, 1.165) is 18.9 Å². The molecule has 1 N–H and O–H groups in total. The molecule has 0 aromatic carbocycles. The minimum absolute atomic E-state index is 0.633. The summed E-state index contributed by atoms with van der Waals surface area (Å²) in [4.78, 5) is 4.65. The van der Waals surface area contributed by atoms with Gasteiger partial charge in [-0.1, -0.05) is 39.0 Å². The molecule has 1 aromatic rings. The van der Waals surface area contributed by atoms with Crippen molar-refractivity contribution in [1.82, 2.24) is 10.3 Å². The minimum Gasteiger partial charge on any atom is -0.314 e. The molecule has 1 aliphatic rings. The molecule has 1 unspecified atom stereocenters. The summed E-state index contributed by atoms with van der Waals surface area (Å²) in [6.45, 7) is 5.40. The Morgan fingerprint density at radius 2 is 1.95 bits per heavy atom. The van der Waals surface area contributed by atoms with E-state index in [0.29, 0.717) is 6.04 Å². The van der Waals surface area contributed by atoms with Gasteiger partial charge in [-0.05, 0) is 32.2 Å². The molecule has 0 saturated heterocycles. The summed E-state index contributed by atoms with van der Waals surface area (Å²) in [5.74, 6) is 0.851. The molecule has 1 aliphatic carbocycles. The van der Waals surface area contributed by atoms with Gasteiger partial charge in [-0.15, -0.1) is 11.3 Å². The zero-order valence-electron chi connectivity index (χ0n) is 12.5. The van der Waals surface area contributed by atoms with Gasteiger partial charge in [0.15, 0.2) is 0 Å². The van der Waals surface area contributed by atoms with Gasteiger partial charge in [0.2, 0.25) is 0 Å². The molecule has 0 amide bonds. The fourth-order valence-electron chi connectivity index (χ4n) is 3.24.